The highest BCUT2D eigenvalue weighted by molar-refractivity contribution is 6.30. The molecular formula is C18H15ClFN3O3. The fourth-order valence-corrected chi connectivity index (χ4v) is 3.18. The van der Waals surface area contributed by atoms with Crippen molar-refractivity contribution in [1.29, 1.82) is 0 Å². The molecule has 1 atom stereocenters. The second-order valence-electron chi connectivity index (χ2n) is 6.07. The molecule has 2 aliphatic heterocycles. The van der Waals surface area contributed by atoms with Crippen molar-refractivity contribution in [2.24, 2.45) is 5.10 Å². The number of benzene rings is 2. The molecule has 4 rings (SSSR count). The zero-order chi connectivity index (χ0) is 18.3. The van der Waals surface area contributed by atoms with Gasteiger partial charge in [-0.3, -0.25) is 4.79 Å². The van der Waals surface area contributed by atoms with Gasteiger partial charge in [0.05, 0.1) is 17.8 Å². The normalized spacial score (nSPS) is 21.2. The van der Waals surface area contributed by atoms with Gasteiger partial charge in [0.1, 0.15) is 12.2 Å². The SMILES string of the molecule is CC1(c2ccc(Cl)cc2F)Oc2cccc(N3C=NN(C=O)CC3)c2O1. The Morgan fingerprint density at radius 1 is 1.27 bits per heavy atom. The van der Waals surface area contributed by atoms with Gasteiger partial charge in [0.2, 0.25) is 6.41 Å². The fourth-order valence-electron chi connectivity index (χ4n) is 3.02. The van der Waals surface area contributed by atoms with E-state index in [1.165, 1.54) is 11.1 Å². The maximum atomic E-state index is 14.4. The Balaban J connectivity index is 1.68. The Labute approximate surface area is 154 Å². The quantitative estimate of drug-likeness (QED) is 0.772. The molecule has 0 fully saturated rings. The van der Waals surface area contributed by atoms with Gasteiger partial charge in [-0.05, 0) is 30.3 Å². The molecule has 0 N–H and O–H groups in total. The van der Waals surface area contributed by atoms with Gasteiger partial charge in [-0.1, -0.05) is 17.7 Å². The molecule has 26 heavy (non-hydrogen) atoms. The van der Waals surface area contributed by atoms with E-state index in [9.17, 15) is 9.18 Å². The van der Waals surface area contributed by atoms with Crippen molar-refractivity contribution in [3.8, 4) is 11.5 Å². The number of nitrogens with zero attached hydrogens (tertiary/aromatic N) is 3. The topological polar surface area (TPSA) is 54.4 Å². The van der Waals surface area contributed by atoms with E-state index < -0.39 is 11.6 Å². The van der Waals surface area contributed by atoms with E-state index in [4.69, 9.17) is 21.1 Å². The van der Waals surface area contributed by atoms with Gasteiger partial charge in [0.25, 0.3) is 5.79 Å². The molecule has 0 saturated carbocycles. The molecule has 0 bridgehead atoms. The summed E-state index contributed by atoms with van der Waals surface area (Å²) in [6.45, 7) is 2.66. The average Bonchev–Trinajstić information content (AvgIpc) is 2.98. The monoisotopic (exact) mass is 375 g/mol. The van der Waals surface area contributed by atoms with Crippen LogP contribution < -0.4 is 14.4 Å². The summed E-state index contributed by atoms with van der Waals surface area (Å²) in [6.07, 6.45) is 2.22. The van der Waals surface area contributed by atoms with Gasteiger partial charge in [0.15, 0.2) is 11.5 Å². The van der Waals surface area contributed by atoms with Gasteiger partial charge in [0, 0.05) is 18.5 Å². The molecule has 1 unspecified atom stereocenters. The number of ether oxygens (including phenoxy) is 2. The van der Waals surface area contributed by atoms with Crippen molar-refractivity contribution in [3.63, 3.8) is 0 Å². The summed E-state index contributed by atoms with van der Waals surface area (Å²) in [6, 6.07) is 9.80. The Kier molecular flexibility index (Phi) is 3.96. The lowest BCUT2D eigenvalue weighted by atomic mass is 10.1. The van der Waals surface area contributed by atoms with Crippen LogP contribution in [0.1, 0.15) is 12.5 Å². The van der Waals surface area contributed by atoms with Crippen LogP contribution in [0, 0.1) is 5.82 Å². The molecule has 8 heteroatoms. The van der Waals surface area contributed by atoms with Crippen LogP contribution in [-0.2, 0) is 10.6 Å². The van der Waals surface area contributed by atoms with Crippen molar-refractivity contribution in [3.05, 3.63) is 52.8 Å². The van der Waals surface area contributed by atoms with Crippen LogP contribution in [-0.4, -0.2) is 30.8 Å². The van der Waals surface area contributed by atoms with Gasteiger partial charge >= 0.3 is 0 Å². The highest BCUT2D eigenvalue weighted by atomic mass is 35.5. The smallest absolute Gasteiger partial charge is 0.278 e. The molecule has 0 aromatic heterocycles. The number of halogens is 2. The first-order valence-corrected chi connectivity index (χ1v) is 8.37. The molecular weight excluding hydrogens is 361 g/mol. The number of carbonyl (C=O) groups excluding carboxylic acids is 1. The summed E-state index contributed by atoms with van der Waals surface area (Å²) in [4.78, 5) is 12.6. The largest absolute Gasteiger partial charge is 0.444 e. The minimum Gasteiger partial charge on any atom is -0.444 e. The third-order valence-electron chi connectivity index (χ3n) is 4.32. The van der Waals surface area contributed by atoms with Crippen LogP contribution in [0.4, 0.5) is 10.1 Å². The van der Waals surface area contributed by atoms with Crippen LogP contribution in [0.3, 0.4) is 0 Å². The standard InChI is InChI=1S/C18H15ClFN3O3/c1-18(13-6-5-12(19)9-14(13)20)25-16-4-2-3-15(17(16)26-18)22-7-8-23(11-24)21-10-22/h2-6,9-11H,7-8H2,1H3. The maximum absolute atomic E-state index is 14.4. The minimum absolute atomic E-state index is 0.253. The molecule has 0 radical (unpaired) electrons. The zero-order valence-electron chi connectivity index (χ0n) is 13.9. The van der Waals surface area contributed by atoms with Gasteiger partial charge in [-0.15, -0.1) is 0 Å². The molecule has 2 heterocycles. The van der Waals surface area contributed by atoms with Gasteiger partial charge < -0.3 is 14.4 Å². The van der Waals surface area contributed by atoms with Gasteiger partial charge in [-0.2, -0.15) is 5.10 Å². The van der Waals surface area contributed by atoms with Crippen molar-refractivity contribution in [1.82, 2.24) is 5.01 Å². The molecule has 134 valence electrons. The first-order valence-electron chi connectivity index (χ1n) is 7.99. The predicted octanol–water partition coefficient (Wildman–Crippen LogP) is 3.34. The summed E-state index contributed by atoms with van der Waals surface area (Å²) in [5.74, 6) is -0.814. The van der Waals surface area contributed by atoms with Crippen LogP contribution in [0.2, 0.25) is 5.02 Å². The summed E-state index contributed by atoms with van der Waals surface area (Å²) in [5, 5.41) is 5.66. The van der Waals surface area contributed by atoms with Crippen LogP contribution in [0.25, 0.3) is 0 Å². The van der Waals surface area contributed by atoms with Crippen molar-refractivity contribution in [2.75, 3.05) is 18.0 Å². The van der Waals surface area contributed by atoms with Gasteiger partial charge in [-0.25, -0.2) is 9.40 Å². The molecule has 2 aromatic carbocycles. The second-order valence-corrected chi connectivity index (χ2v) is 6.51. The number of hydrazone groups is 1. The Hall–Kier alpha value is -2.80. The van der Waals surface area contributed by atoms with E-state index in [1.54, 1.807) is 31.5 Å². The maximum Gasteiger partial charge on any atom is 0.278 e. The average molecular weight is 376 g/mol. The number of amides is 1. The second kappa shape index (κ2) is 6.17. The van der Waals surface area contributed by atoms with E-state index in [1.807, 2.05) is 17.0 Å². The molecule has 0 spiro atoms. The Morgan fingerprint density at radius 3 is 2.81 bits per heavy atom. The summed E-state index contributed by atoms with van der Waals surface area (Å²) in [7, 11) is 0. The predicted molar refractivity (Wildman–Crippen MR) is 95.1 cm³/mol. The highest BCUT2D eigenvalue weighted by Gasteiger charge is 2.42. The van der Waals surface area contributed by atoms with Crippen LogP contribution in [0.15, 0.2) is 41.5 Å². The molecule has 0 saturated heterocycles. The molecule has 2 aromatic rings. The summed E-state index contributed by atoms with van der Waals surface area (Å²) < 4.78 is 26.4. The van der Waals surface area contributed by atoms with E-state index in [-0.39, 0.29) is 5.56 Å². The lowest BCUT2D eigenvalue weighted by Gasteiger charge is -2.28. The summed E-state index contributed by atoms with van der Waals surface area (Å²) >= 11 is 5.84. The number of para-hydroxylation sites is 1. The van der Waals surface area contributed by atoms with E-state index in [0.717, 1.165) is 5.69 Å². The third kappa shape index (κ3) is 2.74. The molecule has 0 aliphatic carbocycles. The number of hydrogen-bond donors (Lipinski definition) is 0. The molecule has 2 aliphatic rings. The number of carbonyl (C=O) groups is 1. The van der Waals surface area contributed by atoms with E-state index in [0.29, 0.717) is 36.0 Å². The fraction of sp³-hybridized carbons (Fsp3) is 0.222. The van der Waals surface area contributed by atoms with Crippen molar-refractivity contribution >= 4 is 30.0 Å². The molecule has 1 amide bonds. The number of rotatable bonds is 3. The van der Waals surface area contributed by atoms with E-state index in [2.05, 4.69) is 5.10 Å². The minimum atomic E-state index is -1.31. The Bertz CT molecular complexity index is 907. The number of anilines is 1. The number of hydrogen-bond acceptors (Lipinski definition) is 5. The first kappa shape index (κ1) is 16.7. The third-order valence-corrected chi connectivity index (χ3v) is 4.56. The van der Waals surface area contributed by atoms with Crippen LogP contribution >= 0.6 is 11.6 Å². The lowest BCUT2D eigenvalue weighted by Crippen LogP contribution is -2.37. The zero-order valence-corrected chi connectivity index (χ0v) is 14.6. The molecule has 6 nitrogen and oxygen atoms in total. The summed E-state index contributed by atoms with van der Waals surface area (Å²) in [5.41, 5.74) is 0.985. The van der Waals surface area contributed by atoms with Crippen LogP contribution in [0.5, 0.6) is 11.5 Å². The highest BCUT2D eigenvalue weighted by Crippen LogP contribution is 2.49. The number of fused-ring (bicyclic) bond motifs is 1. The van der Waals surface area contributed by atoms with E-state index >= 15 is 0 Å². The first-order chi connectivity index (χ1) is 12.5. The van der Waals surface area contributed by atoms with Crippen molar-refractivity contribution < 1.29 is 18.7 Å². The van der Waals surface area contributed by atoms with Crippen molar-refractivity contribution in [2.45, 2.75) is 12.7 Å². The lowest BCUT2D eigenvalue weighted by molar-refractivity contribution is -0.118. The Morgan fingerprint density at radius 2 is 2.12 bits per heavy atom.